The Morgan fingerprint density at radius 2 is 1.85 bits per heavy atom. The first-order valence-corrected chi connectivity index (χ1v) is 14.6. The van der Waals surface area contributed by atoms with E-state index in [0.717, 1.165) is 49.0 Å². The Labute approximate surface area is 234 Å². The van der Waals surface area contributed by atoms with Crippen LogP contribution in [-0.4, -0.2) is 34.1 Å². The van der Waals surface area contributed by atoms with Gasteiger partial charge in [0.25, 0.3) is 0 Å². The second-order valence-corrected chi connectivity index (χ2v) is 11.9. The molecule has 0 saturated heterocycles. The monoisotopic (exact) mass is 529 g/mol. The minimum absolute atomic E-state index is 0.147. The van der Waals surface area contributed by atoms with Crippen molar-refractivity contribution in [3.05, 3.63) is 71.7 Å². The molecule has 1 N–H and O–H groups in total. The van der Waals surface area contributed by atoms with Gasteiger partial charge >= 0.3 is 11.8 Å². The van der Waals surface area contributed by atoms with Crippen molar-refractivity contribution in [2.75, 3.05) is 6.54 Å². The molecule has 0 aliphatic carbocycles. The van der Waals surface area contributed by atoms with Gasteiger partial charge in [-0.3, -0.25) is 4.79 Å². The quantitative estimate of drug-likeness (QED) is 0.217. The Morgan fingerprint density at radius 1 is 1.05 bits per heavy atom. The van der Waals surface area contributed by atoms with Crippen molar-refractivity contribution in [2.45, 2.75) is 97.9 Å². The maximum Gasteiger partial charge on any atom is 0.327 e. The molecule has 0 fully saturated rings. The number of hydrogen-bond acceptors (Lipinski definition) is 4. The second kappa shape index (κ2) is 12.3. The van der Waals surface area contributed by atoms with Gasteiger partial charge in [-0.1, -0.05) is 52.2 Å². The lowest BCUT2D eigenvalue weighted by molar-refractivity contribution is -0.684. The number of pyridine rings is 1. The molecule has 0 bridgehead atoms. The molecule has 0 atom stereocenters. The van der Waals surface area contributed by atoms with Crippen LogP contribution in [-0.2, 0) is 16.8 Å². The zero-order valence-electron chi connectivity index (χ0n) is 24.4. The summed E-state index contributed by atoms with van der Waals surface area (Å²) in [4.78, 5) is 23.3. The van der Waals surface area contributed by atoms with E-state index in [4.69, 9.17) is 15.1 Å². The number of fused-ring (bicyclic) bond motifs is 2. The molecule has 0 amide bonds. The Kier molecular flexibility index (Phi) is 9.04. The van der Waals surface area contributed by atoms with Gasteiger partial charge in [0, 0.05) is 30.2 Å². The van der Waals surface area contributed by atoms with Gasteiger partial charge in [-0.05, 0) is 74.9 Å². The molecule has 39 heavy (non-hydrogen) atoms. The fourth-order valence-corrected chi connectivity index (χ4v) is 5.62. The SMILES string of the molecule is CCCCCCN1C=CC=C2C1=N/C(=C/C=C/C1=Nc3c(ccc[n+]3CCCCCC(=O)O)C1(C)C)C2(C)C. The summed E-state index contributed by atoms with van der Waals surface area (Å²) in [6.45, 7) is 13.1. The van der Waals surface area contributed by atoms with E-state index in [0.29, 0.717) is 6.42 Å². The summed E-state index contributed by atoms with van der Waals surface area (Å²) in [5.74, 6) is 1.38. The summed E-state index contributed by atoms with van der Waals surface area (Å²) in [5.41, 5.74) is 4.29. The highest BCUT2D eigenvalue weighted by Crippen LogP contribution is 2.44. The minimum Gasteiger partial charge on any atom is -0.481 e. The van der Waals surface area contributed by atoms with Crippen LogP contribution in [0.2, 0.25) is 0 Å². The van der Waals surface area contributed by atoms with E-state index in [1.807, 2.05) is 0 Å². The van der Waals surface area contributed by atoms with Crippen molar-refractivity contribution in [1.29, 1.82) is 0 Å². The lowest BCUT2D eigenvalue weighted by Crippen LogP contribution is -2.34. The number of aliphatic imine (C=N–C) groups is 2. The molecule has 0 spiro atoms. The molecule has 6 nitrogen and oxygen atoms in total. The van der Waals surface area contributed by atoms with Crippen LogP contribution < -0.4 is 4.57 Å². The standard InChI is InChI=1S/C33H44N4O2/c1-6-7-8-11-21-36-23-14-16-25-30(36)34-27(32(25,2)3)18-13-19-28-33(4,5)26-17-15-24-37(31(26)35-28)22-12-9-10-20-29(38)39/h13-19,23-24H,6-12,20-22H2,1-5H3/p+1. The van der Waals surface area contributed by atoms with E-state index >= 15 is 0 Å². The molecule has 1 aromatic heterocycles. The number of hydrogen-bond donors (Lipinski definition) is 1. The third-order valence-corrected chi connectivity index (χ3v) is 8.21. The summed E-state index contributed by atoms with van der Waals surface area (Å²) in [6.07, 6.45) is 22.8. The van der Waals surface area contributed by atoms with E-state index in [1.54, 1.807) is 0 Å². The van der Waals surface area contributed by atoms with Gasteiger partial charge in [-0.15, -0.1) is 0 Å². The first-order chi connectivity index (χ1) is 18.7. The topological polar surface area (TPSA) is 69.1 Å². The highest BCUT2D eigenvalue weighted by molar-refractivity contribution is 6.08. The third-order valence-electron chi connectivity index (χ3n) is 8.21. The van der Waals surface area contributed by atoms with Crippen molar-refractivity contribution >= 4 is 23.3 Å². The summed E-state index contributed by atoms with van der Waals surface area (Å²) in [7, 11) is 0. The maximum absolute atomic E-state index is 10.8. The molecular weight excluding hydrogens is 484 g/mol. The maximum atomic E-state index is 10.8. The van der Waals surface area contributed by atoms with Gasteiger partial charge in [-0.2, -0.15) is 0 Å². The van der Waals surface area contributed by atoms with Crippen LogP contribution in [0.1, 0.15) is 91.5 Å². The zero-order valence-corrected chi connectivity index (χ0v) is 24.4. The lowest BCUT2D eigenvalue weighted by atomic mass is 9.81. The van der Waals surface area contributed by atoms with Crippen molar-refractivity contribution < 1.29 is 14.5 Å². The number of rotatable bonds is 13. The molecule has 0 saturated carbocycles. The first-order valence-electron chi connectivity index (χ1n) is 14.6. The van der Waals surface area contributed by atoms with Gasteiger partial charge in [0.15, 0.2) is 5.71 Å². The average molecular weight is 530 g/mol. The molecule has 3 aliphatic rings. The van der Waals surface area contributed by atoms with Crippen molar-refractivity contribution in [2.24, 2.45) is 15.4 Å². The van der Waals surface area contributed by atoms with Crippen LogP contribution in [0.5, 0.6) is 0 Å². The number of carboxylic acids is 1. The largest absolute Gasteiger partial charge is 0.481 e. The molecular formula is C33H45N4O2+. The molecule has 0 unspecified atom stereocenters. The number of unbranched alkanes of at least 4 members (excludes halogenated alkanes) is 5. The fourth-order valence-electron chi connectivity index (χ4n) is 5.62. The fraction of sp³-hybridized carbons (Fsp3) is 0.515. The van der Waals surface area contributed by atoms with Crippen LogP contribution in [0.4, 0.5) is 5.82 Å². The normalized spacial score (nSPS) is 19.8. The molecule has 208 valence electrons. The van der Waals surface area contributed by atoms with Crippen LogP contribution in [0.15, 0.2) is 76.2 Å². The van der Waals surface area contributed by atoms with Crippen LogP contribution in [0.25, 0.3) is 0 Å². The Hall–Kier alpha value is -3.28. The van der Waals surface area contributed by atoms with Crippen LogP contribution >= 0.6 is 0 Å². The highest BCUT2D eigenvalue weighted by atomic mass is 16.4. The molecule has 0 radical (unpaired) electrons. The predicted octanol–water partition coefficient (Wildman–Crippen LogP) is 7.20. The summed E-state index contributed by atoms with van der Waals surface area (Å²) < 4.78 is 2.21. The summed E-state index contributed by atoms with van der Waals surface area (Å²) in [5, 5.41) is 8.88. The van der Waals surface area contributed by atoms with Crippen molar-refractivity contribution in [1.82, 2.24) is 4.90 Å². The molecule has 4 rings (SSSR count). The summed E-state index contributed by atoms with van der Waals surface area (Å²) in [6, 6.07) is 4.26. The number of amidine groups is 1. The zero-order chi connectivity index (χ0) is 28.0. The number of carbonyl (C=O) groups is 1. The molecule has 3 aliphatic heterocycles. The molecule has 6 heteroatoms. The Morgan fingerprint density at radius 3 is 2.62 bits per heavy atom. The number of aromatic nitrogens is 1. The van der Waals surface area contributed by atoms with E-state index < -0.39 is 5.97 Å². The molecule has 0 aromatic carbocycles. The highest BCUT2D eigenvalue weighted by Gasteiger charge is 2.42. The van der Waals surface area contributed by atoms with E-state index in [1.165, 1.54) is 36.8 Å². The van der Waals surface area contributed by atoms with E-state index in [-0.39, 0.29) is 17.3 Å². The van der Waals surface area contributed by atoms with Gasteiger partial charge in [0.2, 0.25) is 0 Å². The smallest absolute Gasteiger partial charge is 0.327 e. The Balaban J connectivity index is 1.49. The van der Waals surface area contributed by atoms with Crippen molar-refractivity contribution in [3.63, 3.8) is 0 Å². The minimum atomic E-state index is -0.722. The number of allylic oxidation sites excluding steroid dienone is 6. The number of carboxylic acid groups (broad SMARTS) is 1. The van der Waals surface area contributed by atoms with Crippen LogP contribution in [0, 0.1) is 5.41 Å². The number of nitrogens with zero attached hydrogens (tertiary/aromatic N) is 4. The predicted molar refractivity (Wildman–Crippen MR) is 159 cm³/mol. The third kappa shape index (κ3) is 6.32. The number of aryl methyl sites for hydroxylation is 1. The summed E-state index contributed by atoms with van der Waals surface area (Å²) >= 11 is 0. The first kappa shape index (κ1) is 28.7. The second-order valence-electron chi connectivity index (χ2n) is 11.9. The van der Waals surface area contributed by atoms with Crippen LogP contribution in [0.3, 0.4) is 0 Å². The van der Waals surface area contributed by atoms with E-state index in [2.05, 4.69) is 99.0 Å². The van der Waals surface area contributed by atoms with Gasteiger partial charge in [0.05, 0.1) is 29.4 Å². The number of aliphatic carboxylic acids is 1. The Bertz CT molecular complexity index is 1260. The molecule has 1 aromatic rings. The van der Waals surface area contributed by atoms with Gasteiger partial charge in [-0.25, -0.2) is 9.56 Å². The van der Waals surface area contributed by atoms with Crippen molar-refractivity contribution in [3.8, 4) is 0 Å². The van der Waals surface area contributed by atoms with Gasteiger partial charge < -0.3 is 10.0 Å². The molecule has 4 heterocycles. The average Bonchev–Trinajstić information content (AvgIpc) is 3.31. The van der Waals surface area contributed by atoms with Gasteiger partial charge in [0.1, 0.15) is 5.84 Å². The lowest BCUT2D eigenvalue weighted by Gasteiger charge is -2.28. The van der Waals surface area contributed by atoms with E-state index in [9.17, 15) is 4.79 Å².